The van der Waals surface area contributed by atoms with E-state index in [9.17, 15) is 4.79 Å². The summed E-state index contributed by atoms with van der Waals surface area (Å²) in [6, 6.07) is 10.5. The zero-order chi connectivity index (χ0) is 19.2. The number of amides is 1. The van der Waals surface area contributed by atoms with Gasteiger partial charge in [0.25, 0.3) is 5.91 Å². The minimum Gasteiger partial charge on any atom is -0.343 e. The molecule has 1 fully saturated rings. The van der Waals surface area contributed by atoms with Crippen molar-refractivity contribution in [3.05, 3.63) is 47.3 Å². The van der Waals surface area contributed by atoms with Gasteiger partial charge in [0.05, 0.1) is 17.8 Å². The summed E-state index contributed by atoms with van der Waals surface area (Å²) in [6.07, 6.45) is 4.06. The van der Waals surface area contributed by atoms with Gasteiger partial charge in [-0.05, 0) is 44.3 Å². The fourth-order valence-electron chi connectivity index (χ4n) is 4.05. The number of carbonyl (C=O) groups excluding carboxylic acids is 1. The fourth-order valence-corrected chi connectivity index (χ4v) is 4.05. The van der Waals surface area contributed by atoms with Crippen molar-refractivity contribution >= 4 is 5.91 Å². The standard InChI is InChI=1S/C21H31N5O/c1-4-16(5-2)20(17-9-7-6-8-10-17)23-21(27)19-15(3)26(25-24-19)18-11-13-22-14-12-18/h6-10,16,18,20,22H,4-5,11-14H2,1-3H3,(H,23,27)/t20-/m0/s1. The quantitative estimate of drug-likeness (QED) is 0.784. The summed E-state index contributed by atoms with van der Waals surface area (Å²) >= 11 is 0. The van der Waals surface area contributed by atoms with E-state index >= 15 is 0 Å². The molecule has 146 valence electrons. The highest BCUT2D eigenvalue weighted by Crippen LogP contribution is 2.28. The Morgan fingerprint density at radius 1 is 1.22 bits per heavy atom. The number of piperidine rings is 1. The van der Waals surface area contributed by atoms with Crippen LogP contribution in [0.3, 0.4) is 0 Å². The Balaban J connectivity index is 1.80. The number of hydrogen-bond donors (Lipinski definition) is 2. The molecule has 1 aromatic carbocycles. The van der Waals surface area contributed by atoms with E-state index in [-0.39, 0.29) is 11.9 Å². The molecule has 2 N–H and O–H groups in total. The molecule has 2 heterocycles. The maximum absolute atomic E-state index is 13.0. The first kappa shape index (κ1) is 19.5. The normalized spacial score (nSPS) is 16.4. The van der Waals surface area contributed by atoms with E-state index < -0.39 is 0 Å². The maximum Gasteiger partial charge on any atom is 0.274 e. The van der Waals surface area contributed by atoms with Crippen LogP contribution in [0.4, 0.5) is 0 Å². The predicted octanol–water partition coefficient (Wildman–Crippen LogP) is 3.42. The van der Waals surface area contributed by atoms with E-state index in [1.54, 1.807) is 0 Å². The van der Waals surface area contributed by atoms with Crippen molar-refractivity contribution in [3.63, 3.8) is 0 Å². The van der Waals surface area contributed by atoms with Gasteiger partial charge in [-0.1, -0.05) is 62.2 Å². The lowest BCUT2D eigenvalue weighted by molar-refractivity contribution is 0.0913. The van der Waals surface area contributed by atoms with Crippen molar-refractivity contribution in [1.29, 1.82) is 0 Å². The second kappa shape index (κ2) is 9.13. The third-order valence-electron chi connectivity index (χ3n) is 5.76. The first-order valence-electron chi connectivity index (χ1n) is 10.1. The molecular weight excluding hydrogens is 338 g/mol. The Labute approximate surface area is 161 Å². The number of aromatic nitrogens is 3. The zero-order valence-electron chi connectivity index (χ0n) is 16.6. The molecule has 1 aromatic heterocycles. The molecule has 1 atom stereocenters. The first-order valence-corrected chi connectivity index (χ1v) is 10.1. The largest absolute Gasteiger partial charge is 0.343 e. The summed E-state index contributed by atoms with van der Waals surface area (Å²) in [5.41, 5.74) is 2.44. The van der Waals surface area contributed by atoms with Gasteiger partial charge in [0, 0.05) is 0 Å². The van der Waals surface area contributed by atoms with Crippen LogP contribution in [0, 0.1) is 12.8 Å². The average molecular weight is 370 g/mol. The summed E-state index contributed by atoms with van der Waals surface area (Å²) in [4.78, 5) is 13.0. The Morgan fingerprint density at radius 3 is 2.52 bits per heavy atom. The molecule has 27 heavy (non-hydrogen) atoms. The Morgan fingerprint density at radius 2 is 1.89 bits per heavy atom. The molecule has 0 spiro atoms. The lowest BCUT2D eigenvalue weighted by Crippen LogP contribution is -2.34. The number of nitrogens with zero attached hydrogens (tertiary/aromatic N) is 3. The maximum atomic E-state index is 13.0. The van der Waals surface area contributed by atoms with Crippen LogP contribution in [-0.4, -0.2) is 34.0 Å². The highest BCUT2D eigenvalue weighted by atomic mass is 16.2. The molecule has 0 bridgehead atoms. The lowest BCUT2D eigenvalue weighted by atomic mass is 9.88. The van der Waals surface area contributed by atoms with Crippen molar-refractivity contribution in [3.8, 4) is 0 Å². The second-order valence-corrected chi connectivity index (χ2v) is 7.39. The van der Waals surface area contributed by atoms with Crippen molar-refractivity contribution in [2.75, 3.05) is 13.1 Å². The van der Waals surface area contributed by atoms with Gasteiger partial charge in [0.15, 0.2) is 5.69 Å². The summed E-state index contributed by atoms with van der Waals surface area (Å²) in [5, 5.41) is 15.1. The van der Waals surface area contributed by atoms with Crippen LogP contribution in [0.25, 0.3) is 0 Å². The second-order valence-electron chi connectivity index (χ2n) is 7.39. The van der Waals surface area contributed by atoms with E-state index in [2.05, 4.69) is 46.9 Å². The minimum absolute atomic E-state index is 0.0165. The third kappa shape index (κ3) is 4.38. The molecule has 1 aliphatic rings. The van der Waals surface area contributed by atoms with Gasteiger partial charge in [0.1, 0.15) is 0 Å². The molecule has 2 aromatic rings. The number of nitrogens with one attached hydrogen (secondary N) is 2. The van der Waals surface area contributed by atoms with Crippen LogP contribution in [0.15, 0.2) is 30.3 Å². The van der Waals surface area contributed by atoms with Gasteiger partial charge in [-0.25, -0.2) is 4.68 Å². The monoisotopic (exact) mass is 369 g/mol. The van der Waals surface area contributed by atoms with Gasteiger partial charge in [-0.15, -0.1) is 5.10 Å². The zero-order valence-corrected chi connectivity index (χ0v) is 16.6. The minimum atomic E-state index is -0.131. The molecule has 1 amide bonds. The number of carbonyl (C=O) groups is 1. The topological polar surface area (TPSA) is 71.8 Å². The Bertz CT molecular complexity index is 732. The van der Waals surface area contributed by atoms with Crippen molar-refractivity contribution in [2.45, 2.75) is 58.5 Å². The smallest absolute Gasteiger partial charge is 0.274 e. The third-order valence-corrected chi connectivity index (χ3v) is 5.76. The molecule has 0 aliphatic carbocycles. The summed E-state index contributed by atoms with van der Waals surface area (Å²) in [6.45, 7) is 8.27. The molecule has 6 nitrogen and oxygen atoms in total. The molecule has 1 saturated heterocycles. The fraction of sp³-hybridized carbons (Fsp3) is 0.571. The van der Waals surface area contributed by atoms with Crippen molar-refractivity contribution in [1.82, 2.24) is 25.6 Å². The SMILES string of the molecule is CCC(CC)[C@H](NC(=O)c1nnn(C2CCNCC2)c1C)c1ccccc1. The summed E-state index contributed by atoms with van der Waals surface area (Å²) in [5.74, 6) is 0.254. The Kier molecular flexibility index (Phi) is 6.61. The van der Waals surface area contributed by atoms with Crippen LogP contribution >= 0.6 is 0 Å². The first-order chi connectivity index (χ1) is 13.2. The van der Waals surface area contributed by atoms with Gasteiger partial charge in [0.2, 0.25) is 0 Å². The van der Waals surface area contributed by atoms with Gasteiger partial charge >= 0.3 is 0 Å². The molecule has 3 rings (SSSR count). The Hall–Kier alpha value is -2.21. The van der Waals surface area contributed by atoms with Crippen LogP contribution in [0.5, 0.6) is 0 Å². The predicted molar refractivity (Wildman–Crippen MR) is 107 cm³/mol. The highest BCUT2D eigenvalue weighted by Gasteiger charge is 2.27. The van der Waals surface area contributed by atoms with E-state index in [4.69, 9.17) is 0 Å². The molecule has 0 radical (unpaired) electrons. The van der Waals surface area contributed by atoms with E-state index in [0.717, 1.165) is 50.0 Å². The van der Waals surface area contributed by atoms with E-state index in [1.807, 2.05) is 29.8 Å². The summed E-state index contributed by atoms with van der Waals surface area (Å²) in [7, 11) is 0. The molecule has 6 heteroatoms. The molecule has 1 aliphatic heterocycles. The number of hydrogen-bond acceptors (Lipinski definition) is 4. The van der Waals surface area contributed by atoms with Crippen molar-refractivity contribution < 1.29 is 4.79 Å². The van der Waals surface area contributed by atoms with E-state index in [1.165, 1.54) is 0 Å². The van der Waals surface area contributed by atoms with Crippen LogP contribution in [0.1, 0.15) is 73.4 Å². The molecule has 0 saturated carbocycles. The average Bonchev–Trinajstić information content (AvgIpc) is 3.11. The van der Waals surface area contributed by atoms with Crippen LogP contribution < -0.4 is 10.6 Å². The van der Waals surface area contributed by atoms with Crippen LogP contribution in [-0.2, 0) is 0 Å². The van der Waals surface area contributed by atoms with Crippen LogP contribution in [0.2, 0.25) is 0 Å². The molecule has 0 unspecified atom stereocenters. The number of rotatable bonds is 7. The van der Waals surface area contributed by atoms with Gasteiger partial charge in [-0.3, -0.25) is 4.79 Å². The highest BCUT2D eigenvalue weighted by molar-refractivity contribution is 5.93. The van der Waals surface area contributed by atoms with Gasteiger partial charge < -0.3 is 10.6 Å². The number of benzene rings is 1. The van der Waals surface area contributed by atoms with E-state index in [0.29, 0.717) is 17.7 Å². The molecular formula is C21H31N5O. The lowest BCUT2D eigenvalue weighted by Gasteiger charge is -2.27. The van der Waals surface area contributed by atoms with Gasteiger partial charge in [-0.2, -0.15) is 0 Å². The van der Waals surface area contributed by atoms with Crippen molar-refractivity contribution in [2.24, 2.45) is 5.92 Å². The summed E-state index contributed by atoms with van der Waals surface area (Å²) < 4.78 is 1.93.